The van der Waals surface area contributed by atoms with Crippen LogP contribution in [0.3, 0.4) is 0 Å². The first kappa shape index (κ1) is 40.9. The molecule has 57 heavy (non-hydrogen) atoms. The van der Waals surface area contributed by atoms with Crippen LogP contribution in [0.5, 0.6) is 5.75 Å². The molecule has 4 aliphatic heterocycles. The number of nitrogens with one attached hydrogen (secondary N) is 3. The highest BCUT2D eigenvalue weighted by Gasteiger charge is 2.40. The number of fused-ring (bicyclic) bond motifs is 1. The van der Waals surface area contributed by atoms with Crippen LogP contribution in [-0.2, 0) is 24.9 Å². The second-order valence-electron chi connectivity index (χ2n) is 15.6. The third-order valence-electron chi connectivity index (χ3n) is 11.8. The number of likely N-dealkylation sites (tertiary alicyclic amines) is 2. The molecule has 7 rings (SSSR count). The van der Waals surface area contributed by atoms with Gasteiger partial charge in [-0.05, 0) is 69.1 Å². The molecule has 4 fully saturated rings. The summed E-state index contributed by atoms with van der Waals surface area (Å²) in [4.78, 5) is 62.8. The number of halogens is 2. The van der Waals surface area contributed by atoms with Crippen molar-refractivity contribution < 1.29 is 32.6 Å². The highest BCUT2D eigenvalue weighted by molar-refractivity contribution is 7.99. The predicted octanol–water partition coefficient (Wildman–Crippen LogP) is 4.34. The van der Waals surface area contributed by atoms with Gasteiger partial charge in [0.25, 0.3) is 5.56 Å². The summed E-state index contributed by atoms with van der Waals surface area (Å²) in [5, 5.41) is 5.92. The smallest absolute Gasteiger partial charge is 0.261 e. The first-order valence-corrected chi connectivity index (χ1v) is 21.3. The summed E-state index contributed by atoms with van der Waals surface area (Å²) in [5.74, 6) is 0.628. The molecule has 2 aromatic carbocycles. The number of ether oxygens (including phenoxy) is 2. The highest BCUT2D eigenvalue weighted by Crippen LogP contribution is 2.32. The molecular weight excluding hydrogens is 757 g/mol. The third kappa shape index (κ3) is 10.2. The molecule has 3 aromatic rings. The number of carbonyl (C=O) groups is 3. The number of aldehydes is 1. The fourth-order valence-corrected chi connectivity index (χ4v) is 9.38. The molecular formula is C41H53F2N7O6S. The number of piperidine rings is 2. The minimum atomic E-state index is -0.656. The molecule has 1 unspecified atom stereocenters. The molecule has 5 heterocycles. The van der Waals surface area contributed by atoms with Gasteiger partial charge in [-0.25, -0.2) is 13.8 Å². The number of anilines is 2. The Hall–Kier alpha value is -4.28. The number of hydrogen-bond donors (Lipinski definition) is 3. The number of aromatic amines is 1. The number of hydrogen-bond acceptors (Lipinski definition) is 11. The molecule has 4 saturated heterocycles. The van der Waals surface area contributed by atoms with Crippen LogP contribution in [0.2, 0.25) is 0 Å². The summed E-state index contributed by atoms with van der Waals surface area (Å²) in [6.07, 6.45) is 6.52. The van der Waals surface area contributed by atoms with Gasteiger partial charge in [0.1, 0.15) is 34.9 Å². The van der Waals surface area contributed by atoms with Gasteiger partial charge in [0.05, 0.1) is 35.5 Å². The summed E-state index contributed by atoms with van der Waals surface area (Å²) in [6.45, 7) is 6.07. The van der Waals surface area contributed by atoms with E-state index in [-0.39, 0.29) is 46.8 Å². The van der Waals surface area contributed by atoms with Crippen LogP contribution >= 0.6 is 11.8 Å². The Morgan fingerprint density at radius 2 is 1.79 bits per heavy atom. The monoisotopic (exact) mass is 809 g/mol. The molecule has 3 N–H and O–H groups in total. The molecule has 0 bridgehead atoms. The standard InChI is InChI=1S/C41H53F2N7O6S/c1-44-38(52)5-3-29(23-51)45-28-2-4-36(33(42)18-28)48-14-8-30(9-15-48)50-21-27(22-50)41(54)49-12-6-26(7-13-49)24-56-31-19-34(43)39-35(20-31)46-37(47-40(39)53)25-57-32-10-16-55-17-11-32/h2,4,18-20,23,26-27,29-30,32,45H,3,5-17,21-22,24-25H2,1H3,(H,44,52)(H,46,47,53). The Kier molecular flexibility index (Phi) is 13.6. The van der Waals surface area contributed by atoms with E-state index < -0.39 is 17.4 Å². The minimum Gasteiger partial charge on any atom is -0.493 e. The highest BCUT2D eigenvalue weighted by atomic mass is 32.2. The van der Waals surface area contributed by atoms with E-state index in [2.05, 4.69) is 25.5 Å². The van der Waals surface area contributed by atoms with Crippen molar-refractivity contribution in [3.05, 3.63) is 58.1 Å². The number of rotatable bonds is 15. The van der Waals surface area contributed by atoms with E-state index in [1.165, 1.54) is 12.1 Å². The Morgan fingerprint density at radius 1 is 1.04 bits per heavy atom. The summed E-state index contributed by atoms with van der Waals surface area (Å²) in [5.41, 5.74) is 0.819. The van der Waals surface area contributed by atoms with Crippen LogP contribution in [0.15, 0.2) is 35.1 Å². The molecule has 0 aliphatic carbocycles. The van der Waals surface area contributed by atoms with E-state index >= 15 is 8.78 Å². The van der Waals surface area contributed by atoms with Crippen molar-refractivity contribution in [2.75, 3.05) is 76.4 Å². The van der Waals surface area contributed by atoms with E-state index in [1.54, 1.807) is 37.0 Å². The van der Waals surface area contributed by atoms with Gasteiger partial charge in [-0.2, -0.15) is 11.8 Å². The van der Waals surface area contributed by atoms with Crippen molar-refractivity contribution in [2.24, 2.45) is 11.8 Å². The van der Waals surface area contributed by atoms with Crippen molar-refractivity contribution in [1.29, 1.82) is 0 Å². The largest absolute Gasteiger partial charge is 0.493 e. The zero-order chi connectivity index (χ0) is 39.9. The Morgan fingerprint density at radius 3 is 2.49 bits per heavy atom. The Labute approximate surface area is 335 Å². The van der Waals surface area contributed by atoms with Gasteiger partial charge in [0.2, 0.25) is 11.8 Å². The maximum Gasteiger partial charge on any atom is 0.261 e. The van der Waals surface area contributed by atoms with Crippen molar-refractivity contribution in [1.82, 2.24) is 25.1 Å². The molecule has 16 heteroatoms. The van der Waals surface area contributed by atoms with Crippen molar-refractivity contribution >= 4 is 52.1 Å². The van der Waals surface area contributed by atoms with Crippen LogP contribution in [0, 0.1) is 23.5 Å². The van der Waals surface area contributed by atoms with E-state index in [1.807, 2.05) is 9.80 Å². The summed E-state index contributed by atoms with van der Waals surface area (Å²) < 4.78 is 41.7. The average molecular weight is 810 g/mol. The first-order valence-electron chi connectivity index (χ1n) is 20.2. The molecule has 4 aliphatic rings. The van der Waals surface area contributed by atoms with Crippen molar-refractivity contribution in [3.8, 4) is 5.75 Å². The lowest BCUT2D eigenvalue weighted by Crippen LogP contribution is -2.60. The van der Waals surface area contributed by atoms with E-state index in [0.29, 0.717) is 79.2 Å². The SMILES string of the molecule is CNC(=O)CCC(C=O)Nc1ccc(N2CCC(N3CC(C(=O)N4CCC(COc5cc(F)c6c(=O)[nH]c(CSC7CCOCC7)nc6c5)CC4)C3)CC2)c(F)c1. The Bertz CT molecular complexity index is 1940. The van der Waals surface area contributed by atoms with Gasteiger partial charge in [0, 0.05) is 95.1 Å². The Balaban J connectivity index is 0.818. The number of carbonyl (C=O) groups excluding carboxylic acids is 3. The maximum absolute atomic E-state index is 15.2. The number of H-pyrrole nitrogens is 1. The number of nitrogens with zero attached hydrogens (tertiary/aromatic N) is 4. The van der Waals surface area contributed by atoms with E-state index in [4.69, 9.17) is 9.47 Å². The number of aromatic nitrogens is 2. The fraction of sp³-hybridized carbons (Fsp3) is 0.585. The molecule has 2 amide bonds. The van der Waals surface area contributed by atoms with Crippen LogP contribution in [0.25, 0.3) is 10.9 Å². The number of thioether (sulfide) groups is 1. The second kappa shape index (κ2) is 19.0. The topological polar surface area (TPSA) is 149 Å². The molecule has 13 nitrogen and oxygen atoms in total. The van der Waals surface area contributed by atoms with Gasteiger partial charge >= 0.3 is 0 Å². The van der Waals surface area contributed by atoms with Gasteiger partial charge < -0.3 is 39.7 Å². The maximum atomic E-state index is 15.2. The van der Waals surface area contributed by atoms with Gasteiger partial charge in [-0.1, -0.05) is 0 Å². The van der Waals surface area contributed by atoms with Crippen molar-refractivity contribution in [3.63, 3.8) is 0 Å². The van der Waals surface area contributed by atoms with E-state index in [9.17, 15) is 19.2 Å². The zero-order valence-corrected chi connectivity index (χ0v) is 33.3. The van der Waals surface area contributed by atoms with E-state index in [0.717, 1.165) is 71.1 Å². The van der Waals surface area contributed by atoms with Gasteiger partial charge in [0.15, 0.2) is 0 Å². The minimum absolute atomic E-state index is 0.0175. The zero-order valence-electron chi connectivity index (χ0n) is 32.5. The lowest BCUT2D eigenvalue weighted by molar-refractivity contribution is -0.144. The molecule has 0 saturated carbocycles. The fourth-order valence-electron chi connectivity index (χ4n) is 8.32. The number of amides is 2. The first-order chi connectivity index (χ1) is 27.7. The average Bonchev–Trinajstić information content (AvgIpc) is 3.20. The lowest BCUT2D eigenvalue weighted by Gasteiger charge is -2.48. The van der Waals surface area contributed by atoms with Crippen LogP contribution < -0.4 is 25.8 Å². The third-order valence-corrected chi connectivity index (χ3v) is 13.2. The summed E-state index contributed by atoms with van der Waals surface area (Å²) in [7, 11) is 1.54. The lowest BCUT2D eigenvalue weighted by atomic mass is 9.90. The molecule has 308 valence electrons. The molecule has 0 spiro atoms. The van der Waals surface area contributed by atoms with Gasteiger partial charge in [-0.3, -0.25) is 19.3 Å². The normalized spacial score (nSPS) is 19.6. The molecule has 1 aromatic heterocycles. The molecule has 0 radical (unpaired) electrons. The number of benzene rings is 2. The van der Waals surface area contributed by atoms with Crippen LogP contribution in [0.4, 0.5) is 20.2 Å². The van der Waals surface area contributed by atoms with Crippen LogP contribution in [0.1, 0.15) is 57.2 Å². The summed E-state index contributed by atoms with van der Waals surface area (Å²) >= 11 is 1.73. The second-order valence-corrected chi connectivity index (χ2v) is 16.9. The summed E-state index contributed by atoms with van der Waals surface area (Å²) in [6, 6.07) is 7.56. The molecule has 1 atom stereocenters. The van der Waals surface area contributed by atoms with Gasteiger partial charge in [-0.15, -0.1) is 0 Å². The van der Waals surface area contributed by atoms with Crippen molar-refractivity contribution in [2.45, 2.75) is 74.5 Å². The van der Waals surface area contributed by atoms with Crippen LogP contribution in [-0.4, -0.2) is 121 Å². The predicted molar refractivity (Wildman–Crippen MR) is 216 cm³/mol. The quantitative estimate of drug-likeness (QED) is 0.189.